The van der Waals surface area contributed by atoms with Crippen molar-refractivity contribution in [1.82, 2.24) is 9.88 Å². The first-order valence-corrected chi connectivity index (χ1v) is 13.5. The number of piperidine rings is 1. The molecule has 2 aromatic rings. The summed E-state index contributed by atoms with van der Waals surface area (Å²) in [5.41, 5.74) is 1.44. The molecule has 2 aliphatic rings. The Balaban J connectivity index is 1.36. The zero-order valence-electron chi connectivity index (χ0n) is 21.1. The highest BCUT2D eigenvalue weighted by Gasteiger charge is 2.30. The molecule has 35 heavy (non-hydrogen) atoms. The van der Waals surface area contributed by atoms with Crippen LogP contribution in [0, 0.1) is 17.8 Å². The van der Waals surface area contributed by atoms with Crippen LogP contribution in [0.2, 0.25) is 0 Å². The van der Waals surface area contributed by atoms with E-state index >= 15 is 4.39 Å². The normalized spacial score (nSPS) is 22.8. The number of rotatable bonds is 11. The average molecular weight is 485 g/mol. The minimum Gasteiger partial charge on any atom is -0.497 e. The van der Waals surface area contributed by atoms with Gasteiger partial charge in [0.15, 0.2) is 0 Å². The Morgan fingerprint density at radius 2 is 1.97 bits per heavy atom. The van der Waals surface area contributed by atoms with Crippen molar-refractivity contribution in [3.63, 3.8) is 0 Å². The minimum absolute atomic E-state index is 0.200. The molecule has 0 spiro atoms. The second-order valence-corrected chi connectivity index (χ2v) is 10.7. The van der Waals surface area contributed by atoms with E-state index in [4.69, 9.17) is 4.74 Å². The lowest BCUT2D eigenvalue weighted by molar-refractivity contribution is -0.137. The van der Waals surface area contributed by atoms with Crippen molar-refractivity contribution in [2.75, 3.05) is 26.7 Å². The quantitative estimate of drug-likeness (QED) is 0.380. The molecule has 2 heterocycles. The lowest BCUT2D eigenvalue weighted by atomic mass is 9.78. The first-order chi connectivity index (χ1) is 17.0. The topological polar surface area (TPSA) is 62.7 Å². The summed E-state index contributed by atoms with van der Waals surface area (Å²) in [5.74, 6) is 1.53. The number of nitrogens with zero attached hydrogens (tertiary/aromatic N) is 2. The number of ether oxygens (including phenoxy) is 1. The molecule has 2 fully saturated rings. The van der Waals surface area contributed by atoms with E-state index in [-0.39, 0.29) is 6.42 Å². The van der Waals surface area contributed by atoms with Crippen molar-refractivity contribution in [3.05, 3.63) is 36.0 Å². The number of hydrogen-bond acceptors (Lipinski definition) is 4. The molecule has 1 aliphatic carbocycles. The zero-order valence-corrected chi connectivity index (χ0v) is 21.1. The second kappa shape index (κ2) is 12.7. The van der Waals surface area contributed by atoms with Gasteiger partial charge < -0.3 is 14.7 Å². The van der Waals surface area contributed by atoms with Crippen LogP contribution >= 0.6 is 0 Å². The van der Waals surface area contributed by atoms with E-state index in [1.54, 1.807) is 19.4 Å². The van der Waals surface area contributed by atoms with Crippen molar-refractivity contribution in [2.24, 2.45) is 17.8 Å². The molecule has 2 unspecified atom stereocenters. The number of carbonyl (C=O) groups is 1. The van der Waals surface area contributed by atoms with E-state index < -0.39 is 12.1 Å². The third kappa shape index (κ3) is 7.16. The molecular formula is C29H41FN2O3. The van der Waals surface area contributed by atoms with Crippen LogP contribution in [-0.2, 0) is 4.79 Å². The molecule has 192 valence electrons. The summed E-state index contributed by atoms with van der Waals surface area (Å²) in [7, 11) is 1.61. The maximum absolute atomic E-state index is 15.5. The lowest BCUT2D eigenvalue weighted by Crippen LogP contribution is -2.41. The number of carboxylic acid groups (broad SMARTS) is 1. The smallest absolute Gasteiger partial charge is 0.303 e. The van der Waals surface area contributed by atoms with E-state index in [0.29, 0.717) is 36.0 Å². The molecule has 4 rings (SSSR count). The van der Waals surface area contributed by atoms with Gasteiger partial charge in [0.05, 0.1) is 12.6 Å². The molecule has 0 bridgehead atoms. The molecule has 3 atom stereocenters. The van der Waals surface area contributed by atoms with Gasteiger partial charge in [0.2, 0.25) is 0 Å². The fourth-order valence-electron chi connectivity index (χ4n) is 6.28. The van der Waals surface area contributed by atoms with Gasteiger partial charge >= 0.3 is 5.97 Å². The number of halogens is 1. The first kappa shape index (κ1) is 25.9. The largest absolute Gasteiger partial charge is 0.497 e. The molecule has 5 nitrogen and oxygen atoms in total. The summed E-state index contributed by atoms with van der Waals surface area (Å²) in [6.45, 7) is 3.13. The number of fused-ring (bicyclic) bond motifs is 1. The number of aliphatic carboxylic acids is 1. The second-order valence-electron chi connectivity index (χ2n) is 10.7. The summed E-state index contributed by atoms with van der Waals surface area (Å²) in [6, 6.07) is 7.36. The van der Waals surface area contributed by atoms with Gasteiger partial charge in [-0.15, -0.1) is 0 Å². The number of benzene rings is 1. The van der Waals surface area contributed by atoms with E-state index in [9.17, 15) is 9.90 Å². The van der Waals surface area contributed by atoms with Crippen LogP contribution in [0.1, 0.15) is 82.4 Å². The predicted octanol–water partition coefficient (Wildman–Crippen LogP) is 6.81. The monoisotopic (exact) mass is 484 g/mol. The van der Waals surface area contributed by atoms with E-state index in [2.05, 4.69) is 9.88 Å². The highest BCUT2D eigenvalue weighted by molar-refractivity contribution is 5.83. The van der Waals surface area contributed by atoms with Gasteiger partial charge in [-0.25, -0.2) is 4.39 Å². The van der Waals surface area contributed by atoms with Crippen LogP contribution in [0.25, 0.3) is 10.9 Å². The molecule has 1 aromatic carbocycles. The van der Waals surface area contributed by atoms with E-state index in [0.717, 1.165) is 49.3 Å². The van der Waals surface area contributed by atoms with Gasteiger partial charge in [0, 0.05) is 24.5 Å². The maximum atomic E-state index is 15.5. The zero-order chi connectivity index (χ0) is 24.6. The number of hydrogen-bond donors (Lipinski definition) is 1. The Kier molecular flexibility index (Phi) is 9.36. The number of aromatic nitrogens is 1. The van der Waals surface area contributed by atoms with Gasteiger partial charge in [-0.3, -0.25) is 9.78 Å². The molecule has 1 N–H and O–H groups in total. The lowest BCUT2D eigenvalue weighted by Gasteiger charge is -2.39. The van der Waals surface area contributed by atoms with Crippen molar-refractivity contribution < 1.29 is 19.0 Å². The average Bonchev–Trinajstić information content (AvgIpc) is 2.89. The van der Waals surface area contributed by atoms with Crippen LogP contribution in [0.3, 0.4) is 0 Å². The van der Waals surface area contributed by atoms with Crippen molar-refractivity contribution in [1.29, 1.82) is 0 Å². The summed E-state index contributed by atoms with van der Waals surface area (Å²) in [6.07, 6.45) is 11.9. The van der Waals surface area contributed by atoms with Gasteiger partial charge in [-0.1, -0.05) is 32.1 Å². The molecule has 1 aromatic heterocycles. The van der Waals surface area contributed by atoms with Crippen LogP contribution in [0.15, 0.2) is 30.5 Å². The summed E-state index contributed by atoms with van der Waals surface area (Å²) in [5, 5.41) is 10.1. The summed E-state index contributed by atoms with van der Waals surface area (Å²) >= 11 is 0. The molecule has 1 saturated carbocycles. The van der Waals surface area contributed by atoms with Crippen LogP contribution in [0.4, 0.5) is 4.39 Å². The third-order valence-corrected chi connectivity index (χ3v) is 8.39. The Morgan fingerprint density at radius 3 is 2.74 bits per heavy atom. The van der Waals surface area contributed by atoms with Crippen LogP contribution in [-0.4, -0.2) is 47.7 Å². The van der Waals surface area contributed by atoms with E-state index in [1.807, 2.05) is 18.2 Å². The SMILES string of the molecule is COc1ccc2nccc([C@@H](F)CCC3CCN(CCC4CCCCC4)CC3CCC(=O)O)c2c1. The number of alkyl halides is 1. The predicted molar refractivity (Wildman–Crippen MR) is 137 cm³/mol. The van der Waals surface area contributed by atoms with E-state index in [1.165, 1.54) is 38.5 Å². The van der Waals surface area contributed by atoms with Gasteiger partial charge in [0.1, 0.15) is 11.9 Å². The Bertz CT molecular complexity index is 962. The number of methoxy groups -OCH3 is 1. The van der Waals surface area contributed by atoms with Gasteiger partial charge in [0.25, 0.3) is 0 Å². The van der Waals surface area contributed by atoms with Crippen molar-refractivity contribution in [3.8, 4) is 5.75 Å². The molecule has 0 amide bonds. The van der Waals surface area contributed by atoms with Crippen molar-refractivity contribution in [2.45, 2.75) is 76.8 Å². The molecule has 0 radical (unpaired) electrons. The first-order valence-electron chi connectivity index (χ1n) is 13.5. The molecule has 6 heteroatoms. The molecule has 1 aliphatic heterocycles. The van der Waals surface area contributed by atoms with Gasteiger partial charge in [-0.05, 0) is 92.8 Å². The number of carboxylic acids is 1. The fraction of sp³-hybridized carbons (Fsp3) is 0.655. The highest BCUT2D eigenvalue weighted by Crippen LogP contribution is 2.37. The Hall–Kier alpha value is -2.21. The fourth-order valence-corrected chi connectivity index (χ4v) is 6.28. The maximum Gasteiger partial charge on any atom is 0.303 e. The highest BCUT2D eigenvalue weighted by atomic mass is 19.1. The minimum atomic E-state index is -1.07. The number of pyridine rings is 1. The summed E-state index contributed by atoms with van der Waals surface area (Å²) in [4.78, 5) is 18.2. The van der Waals surface area contributed by atoms with Crippen LogP contribution in [0.5, 0.6) is 5.75 Å². The Labute approximate surface area is 209 Å². The van der Waals surface area contributed by atoms with Gasteiger partial charge in [-0.2, -0.15) is 0 Å². The summed E-state index contributed by atoms with van der Waals surface area (Å²) < 4.78 is 20.9. The Morgan fingerprint density at radius 1 is 1.14 bits per heavy atom. The number of likely N-dealkylation sites (tertiary alicyclic amines) is 1. The third-order valence-electron chi connectivity index (χ3n) is 8.39. The molecular weight excluding hydrogens is 443 g/mol. The van der Waals surface area contributed by atoms with Crippen molar-refractivity contribution >= 4 is 16.9 Å². The standard InChI is InChI=1S/C29H41FN2O3/c1-35-24-9-11-28-26(19-24)25(13-16-31-28)27(30)10-7-22-15-18-32(20-23(22)8-12-29(33)34)17-14-21-5-3-2-4-6-21/h9,11,13,16,19,21-23,27H,2-8,10,12,14-15,17-18,20H2,1H3,(H,33,34)/t22?,23?,27-/m0/s1. The van der Waals surface area contributed by atoms with Crippen LogP contribution < -0.4 is 4.74 Å². The molecule has 1 saturated heterocycles.